The zero-order chi connectivity index (χ0) is 19.1. The van der Waals surface area contributed by atoms with Crippen molar-refractivity contribution < 1.29 is 28.6 Å². The van der Waals surface area contributed by atoms with Gasteiger partial charge in [-0.25, -0.2) is 9.59 Å². The number of anilines is 1. The fraction of sp³-hybridized carbons (Fsp3) is 0.211. The Bertz CT molecular complexity index is 831. The maximum absolute atomic E-state index is 11.9. The number of amides is 1. The van der Waals surface area contributed by atoms with Crippen LogP contribution >= 0.6 is 0 Å². The number of carbonyl (C=O) groups excluding carboxylic acids is 3. The fourth-order valence-corrected chi connectivity index (χ4v) is 2.18. The van der Waals surface area contributed by atoms with Crippen LogP contribution in [0.15, 0.2) is 42.5 Å². The summed E-state index contributed by atoms with van der Waals surface area (Å²) in [5.74, 6) is -0.656. The lowest BCUT2D eigenvalue weighted by Crippen LogP contribution is -2.11. The molecule has 0 saturated heterocycles. The Balaban J connectivity index is 2.29. The van der Waals surface area contributed by atoms with Crippen molar-refractivity contribution in [1.82, 2.24) is 0 Å². The highest BCUT2D eigenvalue weighted by atomic mass is 16.5. The molecule has 1 N–H and O–H groups in total. The van der Waals surface area contributed by atoms with Crippen molar-refractivity contribution in [3.8, 4) is 11.5 Å². The van der Waals surface area contributed by atoms with Gasteiger partial charge < -0.3 is 19.5 Å². The number of methoxy groups -OCH3 is 2. The molecule has 0 radical (unpaired) electrons. The number of esters is 2. The third-order valence-electron chi connectivity index (χ3n) is 3.48. The van der Waals surface area contributed by atoms with Crippen LogP contribution < -0.4 is 10.1 Å². The molecule has 0 bridgehead atoms. The minimum atomic E-state index is -0.681. The molecule has 0 unspecified atom stereocenters. The Labute approximate surface area is 150 Å². The van der Waals surface area contributed by atoms with Crippen molar-refractivity contribution in [2.24, 2.45) is 0 Å². The molecule has 2 aromatic rings. The molecule has 2 rings (SSSR count). The van der Waals surface area contributed by atoms with E-state index in [2.05, 4.69) is 10.1 Å². The van der Waals surface area contributed by atoms with Crippen LogP contribution in [0.2, 0.25) is 0 Å². The second kappa shape index (κ2) is 8.66. The number of benzene rings is 2. The fourth-order valence-electron chi connectivity index (χ4n) is 2.18. The summed E-state index contributed by atoms with van der Waals surface area (Å²) in [6.07, 6.45) is 0.364. The van der Waals surface area contributed by atoms with Crippen LogP contribution in [-0.4, -0.2) is 32.1 Å². The predicted molar refractivity (Wildman–Crippen MR) is 94.6 cm³/mol. The average molecular weight is 357 g/mol. The lowest BCUT2D eigenvalue weighted by atomic mass is 10.1. The lowest BCUT2D eigenvalue weighted by Gasteiger charge is -2.11. The molecule has 0 heterocycles. The molecule has 0 atom stereocenters. The third-order valence-corrected chi connectivity index (χ3v) is 3.48. The Morgan fingerprint density at radius 2 is 1.54 bits per heavy atom. The van der Waals surface area contributed by atoms with Crippen molar-refractivity contribution in [2.45, 2.75) is 13.3 Å². The van der Waals surface area contributed by atoms with Crippen LogP contribution in [0.1, 0.15) is 34.1 Å². The van der Waals surface area contributed by atoms with Crippen molar-refractivity contribution in [1.29, 1.82) is 0 Å². The highest BCUT2D eigenvalue weighted by molar-refractivity contribution is 6.03. The van der Waals surface area contributed by atoms with E-state index in [1.54, 1.807) is 31.2 Å². The van der Waals surface area contributed by atoms with Gasteiger partial charge in [0.2, 0.25) is 5.91 Å². The molecule has 136 valence electrons. The first-order valence-electron chi connectivity index (χ1n) is 7.87. The normalized spacial score (nSPS) is 9.96. The number of rotatable bonds is 6. The van der Waals surface area contributed by atoms with E-state index in [4.69, 9.17) is 9.47 Å². The number of nitrogens with one attached hydrogen (secondary N) is 1. The monoisotopic (exact) mass is 357 g/mol. The second-order valence-electron chi connectivity index (χ2n) is 5.22. The highest BCUT2D eigenvalue weighted by Gasteiger charge is 2.19. The molecule has 0 fully saturated rings. The SMILES string of the molecule is CCC(=O)Nc1cccc(Oc2ccc(C(=O)OC)c(C(=O)OC)c2)c1. The minimum Gasteiger partial charge on any atom is -0.465 e. The minimum absolute atomic E-state index is 0.0345. The van der Waals surface area contributed by atoms with Gasteiger partial charge in [-0.3, -0.25) is 4.79 Å². The lowest BCUT2D eigenvalue weighted by molar-refractivity contribution is -0.115. The van der Waals surface area contributed by atoms with Crippen LogP contribution in [0, 0.1) is 0 Å². The van der Waals surface area contributed by atoms with Crippen molar-refractivity contribution in [3.63, 3.8) is 0 Å². The molecule has 7 nitrogen and oxygen atoms in total. The maximum Gasteiger partial charge on any atom is 0.338 e. The van der Waals surface area contributed by atoms with E-state index >= 15 is 0 Å². The van der Waals surface area contributed by atoms with Crippen LogP contribution in [0.4, 0.5) is 5.69 Å². The molecule has 0 aliphatic carbocycles. The van der Waals surface area contributed by atoms with Gasteiger partial charge in [0.1, 0.15) is 11.5 Å². The van der Waals surface area contributed by atoms with E-state index < -0.39 is 11.9 Å². The predicted octanol–water partition coefficient (Wildman–Crippen LogP) is 3.40. The number of hydrogen-bond acceptors (Lipinski definition) is 6. The van der Waals surface area contributed by atoms with Gasteiger partial charge in [-0.2, -0.15) is 0 Å². The summed E-state index contributed by atoms with van der Waals surface area (Å²) in [4.78, 5) is 35.2. The standard InChI is InChI=1S/C19H19NO6/c1-4-17(21)20-12-6-5-7-13(10-12)26-14-8-9-15(18(22)24-2)16(11-14)19(23)25-3/h5-11H,4H2,1-3H3,(H,20,21). The maximum atomic E-state index is 11.9. The first-order valence-corrected chi connectivity index (χ1v) is 7.87. The van der Waals surface area contributed by atoms with Crippen molar-refractivity contribution >= 4 is 23.5 Å². The van der Waals surface area contributed by atoms with Crippen molar-refractivity contribution in [2.75, 3.05) is 19.5 Å². The molecule has 2 aromatic carbocycles. The molecular formula is C19H19NO6. The van der Waals surface area contributed by atoms with Gasteiger partial charge in [-0.05, 0) is 30.3 Å². The van der Waals surface area contributed by atoms with Gasteiger partial charge in [0.05, 0.1) is 25.3 Å². The summed E-state index contributed by atoms with van der Waals surface area (Å²) < 4.78 is 15.1. The first kappa shape index (κ1) is 19.0. The molecule has 0 saturated carbocycles. The quantitative estimate of drug-likeness (QED) is 0.797. The van der Waals surface area contributed by atoms with Crippen LogP contribution in [0.25, 0.3) is 0 Å². The molecular weight excluding hydrogens is 338 g/mol. The molecule has 0 spiro atoms. The molecule has 0 aliphatic heterocycles. The van der Waals surface area contributed by atoms with Gasteiger partial charge in [0.25, 0.3) is 0 Å². The number of carbonyl (C=O) groups is 3. The van der Waals surface area contributed by atoms with E-state index in [1.807, 2.05) is 0 Å². The molecule has 7 heteroatoms. The Morgan fingerprint density at radius 1 is 0.885 bits per heavy atom. The molecule has 1 amide bonds. The summed E-state index contributed by atoms with van der Waals surface area (Å²) in [5, 5.41) is 2.73. The summed E-state index contributed by atoms with van der Waals surface area (Å²) in [6.45, 7) is 1.76. The van der Waals surface area contributed by atoms with Crippen LogP contribution in [-0.2, 0) is 14.3 Å². The number of ether oxygens (including phenoxy) is 3. The summed E-state index contributed by atoms with van der Waals surface area (Å²) >= 11 is 0. The van der Waals surface area contributed by atoms with E-state index in [0.717, 1.165) is 0 Å². The van der Waals surface area contributed by atoms with Gasteiger partial charge >= 0.3 is 11.9 Å². The van der Waals surface area contributed by atoms with Gasteiger partial charge in [-0.1, -0.05) is 13.0 Å². The van der Waals surface area contributed by atoms with Gasteiger partial charge in [0, 0.05) is 18.2 Å². The summed E-state index contributed by atoms with van der Waals surface area (Å²) in [7, 11) is 2.45. The van der Waals surface area contributed by atoms with E-state index in [9.17, 15) is 14.4 Å². The highest BCUT2D eigenvalue weighted by Crippen LogP contribution is 2.27. The zero-order valence-corrected chi connectivity index (χ0v) is 14.7. The first-order chi connectivity index (χ1) is 12.5. The van der Waals surface area contributed by atoms with Gasteiger partial charge in [0.15, 0.2) is 0 Å². The Morgan fingerprint density at radius 3 is 2.19 bits per heavy atom. The van der Waals surface area contributed by atoms with E-state index in [-0.39, 0.29) is 17.0 Å². The molecule has 0 aliphatic rings. The number of hydrogen-bond donors (Lipinski definition) is 1. The van der Waals surface area contributed by atoms with Crippen LogP contribution in [0.3, 0.4) is 0 Å². The Kier molecular flexibility index (Phi) is 6.32. The Hall–Kier alpha value is -3.35. The van der Waals surface area contributed by atoms with Crippen LogP contribution in [0.5, 0.6) is 11.5 Å². The third kappa shape index (κ3) is 4.60. The van der Waals surface area contributed by atoms with E-state index in [1.165, 1.54) is 32.4 Å². The zero-order valence-electron chi connectivity index (χ0n) is 14.7. The molecule has 26 heavy (non-hydrogen) atoms. The molecule has 0 aromatic heterocycles. The summed E-state index contributed by atoms with van der Waals surface area (Å²) in [5.41, 5.74) is 0.705. The largest absolute Gasteiger partial charge is 0.465 e. The summed E-state index contributed by atoms with van der Waals surface area (Å²) in [6, 6.07) is 11.2. The van der Waals surface area contributed by atoms with Crippen molar-refractivity contribution in [3.05, 3.63) is 53.6 Å². The smallest absolute Gasteiger partial charge is 0.338 e. The van der Waals surface area contributed by atoms with E-state index in [0.29, 0.717) is 23.6 Å². The topological polar surface area (TPSA) is 90.9 Å². The van der Waals surface area contributed by atoms with Gasteiger partial charge in [-0.15, -0.1) is 0 Å². The second-order valence-corrected chi connectivity index (χ2v) is 5.22. The average Bonchev–Trinajstić information content (AvgIpc) is 2.66.